The summed E-state index contributed by atoms with van der Waals surface area (Å²) in [7, 11) is 0. The Balaban J connectivity index is 1.50. The van der Waals surface area contributed by atoms with E-state index in [1.807, 2.05) is 0 Å². The predicted octanol–water partition coefficient (Wildman–Crippen LogP) is 3.52. The number of alkyl halides is 2. The summed E-state index contributed by atoms with van der Waals surface area (Å²) in [5, 5.41) is 14.2. The van der Waals surface area contributed by atoms with Crippen LogP contribution in [-0.2, 0) is 11.3 Å². The molecule has 0 spiro atoms. The molecule has 0 unspecified atom stereocenters. The van der Waals surface area contributed by atoms with Gasteiger partial charge in [-0.2, -0.15) is 5.10 Å². The van der Waals surface area contributed by atoms with Gasteiger partial charge in [0.1, 0.15) is 18.0 Å². The summed E-state index contributed by atoms with van der Waals surface area (Å²) in [6.45, 7) is 1.40. The minimum Gasteiger partial charge on any atom is -0.506 e. The maximum absolute atomic E-state index is 13.4. The summed E-state index contributed by atoms with van der Waals surface area (Å²) in [4.78, 5) is 34.3. The number of phenolic OH excluding ortho intramolecular Hbond substituents is 1. The van der Waals surface area contributed by atoms with Gasteiger partial charge in [-0.25, -0.2) is 9.67 Å². The number of ether oxygens (including phenoxy) is 2. The maximum atomic E-state index is 13.4. The number of rotatable bonds is 5. The lowest BCUT2D eigenvalue weighted by molar-refractivity contribution is -0.286. The first-order chi connectivity index (χ1) is 16.7. The number of H-pyrrole nitrogens is 1. The molecule has 0 radical (unpaired) electrons. The highest BCUT2D eigenvalue weighted by Crippen LogP contribution is 2.42. The first kappa shape index (κ1) is 22.6. The third kappa shape index (κ3) is 4.01. The second-order valence-corrected chi connectivity index (χ2v) is 7.95. The van der Waals surface area contributed by atoms with Crippen LogP contribution in [0.3, 0.4) is 0 Å². The quantitative estimate of drug-likeness (QED) is 0.427. The highest BCUT2D eigenvalue weighted by Gasteiger charge is 2.43. The van der Waals surface area contributed by atoms with Crippen LogP contribution >= 0.6 is 11.6 Å². The lowest BCUT2D eigenvalue weighted by atomic mass is 10.1. The van der Waals surface area contributed by atoms with Gasteiger partial charge < -0.3 is 24.5 Å². The van der Waals surface area contributed by atoms with Crippen molar-refractivity contribution >= 4 is 34.2 Å². The molecule has 3 heterocycles. The Hall–Kier alpha value is -4.19. The van der Waals surface area contributed by atoms with E-state index in [-0.39, 0.29) is 40.0 Å². The number of imidazole rings is 1. The fourth-order valence-corrected chi connectivity index (χ4v) is 3.94. The molecule has 2 N–H and O–H groups in total. The van der Waals surface area contributed by atoms with Crippen LogP contribution in [0.2, 0.25) is 5.02 Å². The summed E-state index contributed by atoms with van der Waals surface area (Å²) >= 11 is 6.03. The molecular formula is C22H16ClF2N5O5. The molecule has 0 aliphatic carbocycles. The summed E-state index contributed by atoms with van der Waals surface area (Å²) < 4.78 is 36.6. The van der Waals surface area contributed by atoms with Crippen LogP contribution < -0.4 is 19.9 Å². The Labute approximate surface area is 200 Å². The number of aromatic nitrogens is 4. The lowest BCUT2D eigenvalue weighted by Gasteiger charge is -2.21. The minimum atomic E-state index is -3.79. The predicted molar refractivity (Wildman–Crippen MR) is 121 cm³/mol. The summed E-state index contributed by atoms with van der Waals surface area (Å²) in [6.07, 6.45) is -2.46. The third-order valence-electron chi connectivity index (χ3n) is 5.35. The number of nitrogens with zero attached hydrogens (tertiary/aromatic N) is 4. The van der Waals surface area contributed by atoms with E-state index >= 15 is 0 Å². The zero-order valence-electron chi connectivity index (χ0n) is 18.0. The van der Waals surface area contributed by atoms with Gasteiger partial charge in [0.25, 0.3) is 5.56 Å². The monoisotopic (exact) mass is 503 g/mol. The number of phenols is 1. The van der Waals surface area contributed by atoms with Gasteiger partial charge in [-0.05, 0) is 37.3 Å². The van der Waals surface area contributed by atoms with Crippen molar-refractivity contribution in [1.29, 1.82) is 0 Å². The maximum Gasteiger partial charge on any atom is 0.586 e. The van der Waals surface area contributed by atoms with Crippen LogP contribution in [0.4, 0.5) is 14.5 Å². The zero-order valence-corrected chi connectivity index (χ0v) is 18.7. The number of likely N-dealkylation sites (N-methyl/N-ethyl adjacent to an activating group) is 1. The molecule has 0 atom stereocenters. The number of anilines is 1. The molecule has 180 valence electrons. The minimum absolute atomic E-state index is 0.0559. The van der Waals surface area contributed by atoms with Gasteiger partial charge in [-0.1, -0.05) is 11.6 Å². The van der Waals surface area contributed by atoms with Gasteiger partial charge in [0, 0.05) is 23.9 Å². The van der Waals surface area contributed by atoms with Crippen LogP contribution in [0.1, 0.15) is 6.92 Å². The first-order valence-corrected chi connectivity index (χ1v) is 10.7. The van der Waals surface area contributed by atoms with E-state index in [2.05, 4.69) is 24.5 Å². The van der Waals surface area contributed by atoms with Crippen molar-refractivity contribution in [3.05, 3.63) is 58.1 Å². The Morgan fingerprint density at radius 1 is 1.23 bits per heavy atom. The summed E-state index contributed by atoms with van der Waals surface area (Å²) in [5.74, 6) is -1.02. The standard InChI is InChI=1S/C22H16ClF2N5O5/c1-2-29(12-4-6-15-16(8-12)35-22(24,25)34-15)17(32)9-30-21(33)20-19(26-10-27-20)18(28-30)11-3-5-14(31)13(23)7-11/h3-8,10,31H,2,9H2,1H3,(H,26,27). The number of fused-ring (bicyclic) bond motifs is 2. The van der Waals surface area contributed by atoms with Crippen molar-refractivity contribution in [1.82, 2.24) is 19.7 Å². The van der Waals surface area contributed by atoms with Crippen molar-refractivity contribution in [3.63, 3.8) is 0 Å². The number of amides is 1. The Morgan fingerprint density at radius 3 is 2.74 bits per heavy atom. The van der Waals surface area contributed by atoms with Crippen LogP contribution in [0.25, 0.3) is 22.3 Å². The van der Waals surface area contributed by atoms with Crippen molar-refractivity contribution < 1.29 is 28.2 Å². The molecule has 1 aliphatic heterocycles. The molecule has 5 rings (SSSR count). The number of benzene rings is 2. The second kappa shape index (κ2) is 8.24. The molecule has 2 aromatic carbocycles. The third-order valence-corrected chi connectivity index (χ3v) is 5.66. The normalized spacial score (nSPS) is 13.8. The molecule has 4 aromatic rings. The van der Waals surface area contributed by atoms with E-state index in [9.17, 15) is 23.5 Å². The number of aromatic hydroxyl groups is 1. The molecule has 35 heavy (non-hydrogen) atoms. The van der Waals surface area contributed by atoms with Gasteiger partial charge >= 0.3 is 6.29 Å². The molecule has 2 aromatic heterocycles. The molecule has 0 bridgehead atoms. The smallest absolute Gasteiger partial charge is 0.506 e. The fourth-order valence-electron chi connectivity index (χ4n) is 3.76. The van der Waals surface area contributed by atoms with Crippen molar-refractivity contribution in [3.8, 4) is 28.5 Å². The SMILES string of the molecule is CCN(C(=O)Cn1nc(-c2ccc(O)c(Cl)c2)c2[nH]cnc2c1=O)c1ccc2c(c1)OC(F)(F)O2. The van der Waals surface area contributed by atoms with Gasteiger partial charge in [0.2, 0.25) is 5.91 Å². The Morgan fingerprint density at radius 2 is 2.00 bits per heavy atom. The molecule has 1 amide bonds. The second-order valence-electron chi connectivity index (χ2n) is 7.54. The number of nitrogens with one attached hydrogen (secondary N) is 1. The van der Waals surface area contributed by atoms with Crippen LogP contribution in [0, 0.1) is 0 Å². The number of aromatic amines is 1. The van der Waals surface area contributed by atoms with Crippen LogP contribution in [0.15, 0.2) is 47.5 Å². The molecule has 10 nitrogen and oxygen atoms in total. The van der Waals surface area contributed by atoms with E-state index in [1.54, 1.807) is 13.0 Å². The number of carbonyl (C=O) groups excluding carboxylic acids is 1. The summed E-state index contributed by atoms with van der Waals surface area (Å²) in [5.41, 5.74) is 0.832. The van der Waals surface area contributed by atoms with Crippen molar-refractivity contribution in [2.45, 2.75) is 19.8 Å². The van der Waals surface area contributed by atoms with E-state index in [1.165, 1.54) is 41.6 Å². The van der Waals surface area contributed by atoms with Crippen LogP contribution in [0.5, 0.6) is 17.2 Å². The molecule has 0 saturated carbocycles. The first-order valence-electron chi connectivity index (χ1n) is 10.3. The van der Waals surface area contributed by atoms with Gasteiger partial charge in [-0.3, -0.25) is 9.59 Å². The molecule has 0 fully saturated rings. The van der Waals surface area contributed by atoms with Gasteiger partial charge in [0.05, 0.1) is 16.9 Å². The highest BCUT2D eigenvalue weighted by molar-refractivity contribution is 6.32. The van der Waals surface area contributed by atoms with Gasteiger partial charge in [0.15, 0.2) is 17.0 Å². The largest absolute Gasteiger partial charge is 0.586 e. The Bertz CT molecular complexity index is 1540. The average molecular weight is 504 g/mol. The molecule has 1 aliphatic rings. The highest BCUT2D eigenvalue weighted by atomic mass is 35.5. The number of carbonyl (C=O) groups is 1. The number of hydrogen-bond acceptors (Lipinski definition) is 7. The lowest BCUT2D eigenvalue weighted by Crippen LogP contribution is -2.37. The van der Waals surface area contributed by atoms with E-state index < -0.39 is 24.3 Å². The van der Waals surface area contributed by atoms with Crippen molar-refractivity contribution in [2.24, 2.45) is 0 Å². The average Bonchev–Trinajstić information content (AvgIpc) is 3.41. The van der Waals surface area contributed by atoms with Gasteiger partial charge in [-0.15, -0.1) is 8.78 Å². The number of halogens is 3. The van der Waals surface area contributed by atoms with Crippen molar-refractivity contribution in [2.75, 3.05) is 11.4 Å². The van der Waals surface area contributed by atoms with E-state index in [4.69, 9.17) is 11.6 Å². The molecule has 0 saturated heterocycles. The van der Waals surface area contributed by atoms with Crippen LogP contribution in [-0.4, -0.2) is 43.6 Å². The molecular weight excluding hydrogens is 488 g/mol. The summed E-state index contributed by atoms with van der Waals surface area (Å²) in [6, 6.07) is 8.37. The number of hydrogen-bond donors (Lipinski definition) is 2. The molecule has 13 heteroatoms. The van der Waals surface area contributed by atoms with E-state index in [0.717, 1.165) is 4.68 Å². The van der Waals surface area contributed by atoms with E-state index in [0.29, 0.717) is 16.8 Å². The Kier molecular flexibility index (Phi) is 5.32. The fraction of sp³-hybridized carbons (Fsp3) is 0.182. The zero-order chi connectivity index (χ0) is 24.9. The topological polar surface area (TPSA) is 123 Å².